The second-order valence-electron chi connectivity index (χ2n) is 9.62. The molecule has 2 aliphatic heterocycles. The first-order valence-corrected chi connectivity index (χ1v) is 14.2. The van der Waals surface area contributed by atoms with Crippen molar-refractivity contribution >= 4 is 34.0 Å². The molecule has 0 aliphatic carbocycles. The summed E-state index contributed by atoms with van der Waals surface area (Å²) in [6.45, 7) is 4.36. The molecule has 37 heavy (non-hydrogen) atoms. The lowest BCUT2D eigenvalue weighted by Crippen LogP contribution is -2.46. The lowest BCUT2D eigenvalue weighted by molar-refractivity contribution is 0.0262. The smallest absolute Gasteiger partial charge is 0.143 e. The lowest BCUT2D eigenvalue weighted by Gasteiger charge is -2.39. The van der Waals surface area contributed by atoms with E-state index in [1.54, 1.807) is 24.9 Å². The van der Waals surface area contributed by atoms with Crippen molar-refractivity contribution in [2.75, 3.05) is 56.8 Å². The van der Waals surface area contributed by atoms with Gasteiger partial charge in [0.1, 0.15) is 11.6 Å². The second-order valence-corrected chi connectivity index (χ2v) is 10.5. The van der Waals surface area contributed by atoms with E-state index in [0.717, 1.165) is 90.6 Å². The van der Waals surface area contributed by atoms with Gasteiger partial charge in [-0.1, -0.05) is 5.92 Å². The zero-order valence-corrected chi connectivity index (χ0v) is 22.3. The van der Waals surface area contributed by atoms with Crippen LogP contribution in [0.2, 0.25) is 0 Å². The van der Waals surface area contributed by atoms with Crippen LogP contribution in [-0.4, -0.2) is 68.2 Å². The Morgan fingerprint density at radius 3 is 2.68 bits per heavy atom. The molecular weight excluding hydrogens is 487 g/mol. The first-order valence-electron chi connectivity index (χ1n) is 13.0. The number of hydrogen-bond acceptors (Lipinski definition) is 6. The number of benzene rings is 2. The molecule has 0 bridgehead atoms. The number of likely N-dealkylation sites (tertiary alicyclic amines) is 1. The van der Waals surface area contributed by atoms with Crippen LogP contribution in [0.5, 0.6) is 5.75 Å². The lowest BCUT2D eigenvalue weighted by atomic mass is 9.99. The highest BCUT2D eigenvalue weighted by atomic mass is 32.2. The number of rotatable bonds is 7. The Labute approximate surface area is 222 Å². The molecule has 0 spiro atoms. The molecule has 1 aromatic heterocycles. The zero-order valence-electron chi connectivity index (χ0n) is 21.5. The molecule has 0 radical (unpaired) electrons. The van der Waals surface area contributed by atoms with E-state index in [-0.39, 0.29) is 5.82 Å². The van der Waals surface area contributed by atoms with Crippen LogP contribution in [0.25, 0.3) is 10.9 Å². The maximum atomic E-state index is 14.4. The van der Waals surface area contributed by atoms with Crippen molar-refractivity contribution in [3.8, 4) is 17.6 Å². The van der Waals surface area contributed by atoms with Crippen LogP contribution >= 0.6 is 11.8 Å². The summed E-state index contributed by atoms with van der Waals surface area (Å²) in [5.41, 5.74) is 3.27. The summed E-state index contributed by atoms with van der Waals surface area (Å²) in [5, 5.41) is 7.91. The van der Waals surface area contributed by atoms with Gasteiger partial charge in [0.15, 0.2) is 0 Å². The molecular formula is C29H35FN4O2S. The van der Waals surface area contributed by atoms with Gasteiger partial charge in [0, 0.05) is 54.4 Å². The molecule has 6 nitrogen and oxygen atoms in total. The molecule has 3 N–H and O–H groups in total. The van der Waals surface area contributed by atoms with Gasteiger partial charge in [-0.15, -0.1) is 11.8 Å². The minimum Gasteiger partial charge on any atom is -0.495 e. The number of piperidine rings is 1. The van der Waals surface area contributed by atoms with E-state index in [9.17, 15) is 4.39 Å². The van der Waals surface area contributed by atoms with E-state index in [1.807, 2.05) is 24.5 Å². The van der Waals surface area contributed by atoms with E-state index in [1.165, 1.54) is 6.07 Å². The Bertz CT molecular complexity index is 1270. The van der Waals surface area contributed by atoms with E-state index in [2.05, 4.69) is 38.4 Å². The van der Waals surface area contributed by atoms with E-state index in [4.69, 9.17) is 9.47 Å². The normalized spacial score (nSPS) is 17.4. The van der Waals surface area contributed by atoms with E-state index in [0.29, 0.717) is 18.6 Å². The van der Waals surface area contributed by atoms with Crippen LogP contribution in [0.3, 0.4) is 0 Å². The Hall–Kier alpha value is -2.86. The first kappa shape index (κ1) is 25.8. The maximum absolute atomic E-state index is 14.4. The van der Waals surface area contributed by atoms with Gasteiger partial charge < -0.3 is 30.0 Å². The quantitative estimate of drug-likeness (QED) is 0.279. The minimum absolute atomic E-state index is 0.251. The molecule has 2 saturated heterocycles. The molecule has 2 fully saturated rings. The van der Waals surface area contributed by atoms with Crippen molar-refractivity contribution in [3.05, 3.63) is 47.9 Å². The van der Waals surface area contributed by atoms with Crippen molar-refractivity contribution < 1.29 is 13.9 Å². The minimum atomic E-state index is -0.251. The fourth-order valence-electron chi connectivity index (χ4n) is 5.29. The average Bonchev–Trinajstić information content (AvgIpc) is 3.35. The monoisotopic (exact) mass is 522 g/mol. The largest absolute Gasteiger partial charge is 0.495 e. The molecule has 0 unspecified atom stereocenters. The number of anilines is 2. The van der Waals surface area contributed by atoms with Gasteiger partial charge in [0.25, 0.3) is 0 Å². The van der Waals surface area contributed by atoms with Gasteiger partial charge in [-0.2, -0.15) is 0 Å². The third-order valence-electron chi connectivity index (χ3n) is 7.30. The molecule has 0 saturated carbocycles. The van der Waals surface area contributed by atoms with Gasteiger partial charge >= 0.3 is 0 Å². The predicted molar refractivity (Wildman–Crippen MR) is 150 cm³/mol. The molecule has 2 aliphatic rings. The van der Waals surface area contributed by atoms with Crippen LogP contribution in [-0.2, 0) is 4.74 Å². The molecule has 0 atom stereocenters. The maximum Gasteiger partial charge on any atom is 0.143 e. The third kappa shape index (κ3) is 6.35. The van der Waals surface area contributed by atoms with Crippen molar-refractivity contribution in [3.63, 3.8) is 0 Å². The Kier molecular flexibility index (Phi) is 8.45. The number of halogens is 1. The van der Waals surface area contributed by atoms with Crippen molar-refractivity contribution in [1.29, 1.82) is 0 Å². The van der Waals surface area contributed by atoms with Crippen molar-refractivity contribution in [1.82, 2.24) is 9.88 Å². The summed E-state index contributed by atoms with van der Waals surface area (Å²) in [7, 11) is 1.67. The highest BCUT2D eigenvalue weighted by Crippen LogP contribution is 2.30. The van der Waals surface area contributed by atoms with Gasteiger partial charge in [-0.25, -0.2) is 4.39 Å². The highest BCUT2D eigenvalue weighted by molar-refractivity contribution is 7.98. The molecule has 8 heteroatoms. The van der Waals surface area contributed by atoms with Crippen molar-refractivity contribution in [2.45, 2.75) is 42.7 Å². The Balaban J connectivity index is 1.22. The number of H-pyrrole nitrogens is 1. The topological polar surface area (TPSA) is 61.6 Å². The van der Waals surface area contributed by atoms with Gasteiger partial charge in [0.05, 0.1) is 30.6 Å². The van der Waals surface area contributed by atoms with Crippen LogP contribution < -0.4 is 15.4 Å². The van der Waals surface area contributed by atoms with E-state index < -0.39 is 0 Å². The Morgan fingerprint density at radius 2 is 1.92 bits per heavy atom. The number of hydrogen-bond donors (Lipinski definition) is 3. The number of aromatic amines is 1. The number of ether oxygens (including phenoxy) is 2. The zero-order chi connectivity index (χ0) is 25.6. The highest BCUT2D eigenvalue weighted by Gasteiger charge is 2.26. The summed E-state index contributed by atoms with van der Waals surface area (Å²) in [6, 6.07) is 12.2. The first-order chi connectivity index (χ1) is 18.1. The summed E-state index contributed by atoms with van der Waals surface area (Å²) < 4.78 is 25.4. The van der Waals surface area contributed by atoms with E-state index >= 15 is 0 Å². The summed E-state index contributed by atoms with van der Waals surface area (Å²) >= 11 is 1.68. The predicted octanol–water partition coefficient (Wildman–Crippen LogP) is 5.56. The summed E-state index contributed by atoms with van der Waals surface area (Å²) in [6.07, 6.45) is 6.41. The summed E-state index contributed by atoms with van der Waals surface area (Å²) in [4.78, 5) is 7.02. The number of nitrogens with one attached hydrogen (secondary N) is 3. The fraction of sp³-hybridized carbons (Fsp3) is 0.448. The molecule has 196 valence electrons. The molecule has 3 aromatic rings. The van der Waals surface area contributed by atoms with Crippen molar-refractivity contribution in [2.24, 2.45) is 0 Å². The molecule has 5 rings (SSSR count). The standard InChI is InChI=1S/C29H35FN4O2S/c1-35-29-19-24(37-2)5-6-26(29)31-11-3-4-22-18-25-27(16-20(30)17-28(25)33-22)32-21-7-12-34(13-8-21)23-9-14-36-15-10-23/h5-6,16-19,21,23,31-33H,7-15H2,1-2H3. The number of fused-ring (bicyclic) bond motifs is 1. The number of thioether (sulfide) groups is 1. The molecule has 3 heterocycles. The van der Waals surface area contributed by atoms with Gasteiger partial charge in [-0.3, -0.25) is 0 Å². The summed E-state index contributed by atoms with van der Waals surface area (Å²) in [5.74, 6) is 6.88. The molecule has 2 aromatic carbocycles. The molecule has 0 amide bonds. The number of aromatic nitrogens is 1. The van der Waals surface area contributed by atoms with Gasteiger partial charge in [0.2, 0.25) is 0 Å². The van der Waals surface area contributed by atoms with Crippen LogP contribution in [0.1, 0.15) is 31.4 Å². The third-order valence-corrected chi connectivity index (χ3v) is 8.02. The Morgan fingerprint density at radius 1 is 1.11 bits per heavy atom. The fourth-order valence-corrected chi connectivity index (χ4v) is 5.72. The number of nitrogens with zero attached hydrogens (tertiary/aromatic N) is 1. The van der Waals surface area contributed by atoms with Crippen LogP contribution in [0.15, 0.2) is 41.3 Å². The SMILES string of the molecule is COc1cc(SC)ccc1NCC#Cc1cc2c(NC3CCN(C4CCOCC4)CC3)cc(F)cc2[nH]1. The van der Waals surface area contributed by atoms with Gasteiger partial charge in [-0.05, 0) is 74.3 Å². The number of methoxy groups -OCH3 is 1. The van der Waals surface area contributed by atoms with Crippen LogP contribution in [0.4, 0.5) is 15.8 Å². The average molecular weight is 523 g/mol. The second kappa shape index (κ2) is 12.1. The van der Waals surface area contributed by atoms with Crippen LogP contribution in [0, 0.1) is 17.7 Å².